The van der Waals surface area contributed by atoms with Gasteiger partial charge in [-0.05, 0) is 29.1 Å². The van der Waals surface area contributed by atoms with Crippen molar-refractivity contribution < 1.29 is 0 Å². The zero-order chi connectivity index (χ0) is 15.5. The van der Waals surface area contributed by atoms with Gasteiger partial charge in [-0.1, -0.05) is 36.4 Å². The summed E-state index contributed by atoms with van der Waals surface area (Å²) in [7, 11) is 0. The first kappa shape index (κ1) is 14.1. The zero-order valence-corrected chi connectivity index (χ0v) is 13.3. The third kappa shape index (κ3) is 3.16. The van der Waals surface area contributed by atoms with Crippen molar-refractivity contribution in [2.24, 2.45) is 0 Å². The molecule has 0 aliphatic heterocycles. The number of hydrogen-bond acceptors (Lipinski definition) is 4. The quantitative estimate of drug-likeness (QED) is 0.585. The molecule has 23 heavy (non-hydrogen) atoms. The highest BCUT2D eigenvalue weighted by atomic mass is 32.1. The molecule has 0 aliphatic rings. The Morgan fingerprint density at radius 3 is 2.83 bits per heavy atom. The Kier molecular flexibility index (Phi) is 3.88. The van der Waals surface area contributed by atoms with Crippen molar-refractivity contribution in [2.75, 3.05) is 0 Å². The van der Waals surface area contributed by atoms with Gasteiger partial charge in [-0.2, -0.15) is 5.10 Å². The normalized spacial score (nSPS) is 11.1. The topological polar surface area (TPSA) is 53.6 Å². The largest absolute Gasteiger partial charge is 0.308 e. The first-order valence-corrected chi connectivity index (χ1v) is 8.33. The molecule has 0 fully saturated rings. The molecule has 2 aromatic heterocycles. The fraction of sp³-hybridized carbons (Fsp3) is 0.111. The highest BCUT2D eigenvalue weighted by Gasteiger charge is 2.03. The highest BCUT2D eigenvalue weighted by molar-refractivity contribution is 7.19. The molecule has 5 heteroatoms. The fourth-order valence-electron chi connectivity index (χ4n) is 2.63. The maximum absolute atomic E-state index is 4.19. The van der Waals surface area contributed by atoms with Crippen LogP contribution in [-0.4, -0.2) is 15.2 Å². The molecule has 0 spiro atoms. The number of hydrogen-bond donors (Lipinski definition) is 2. The molecule has 2 N–H and O–H groups in total. The summed E-state index contributed by atoms with van der Waals surface area (Å²) in [4.78, 5) is 5.55. The van der Waals surface area contributed by atoms with Crippen molar-refractivity contribution in [2.45, 2.75) is 13.1 Å². The maximum Gasteiger partial charge on any atom is 0.155 e. The predicted molar refractivity (Wildman–Crippen MR) is 94.2 cm³/mol. The monoisotopic (exact) mass is 320 g/mol. The summed E-state index contributed by atoms with van der Waals surface area (Å²) >= 11 is 1.85. The molecular weight excluding hydrogens is 304 g/mol. The molecule has 2 aromatic carbocycles. The van der Waals surface area contributed by atoms with Gasteiger partial charge in [-0.25, -0.2) is 4.98 Å². The van der Waals surface area contributed by atoms with E-state index in [2.05, 4.69) is 63.0 Å². The SMILES string of the molecule is c1cc(CNCc2cc3ccccc3s2)cc(-c2ncn[nH]2)c1. The molecule has 4 aromatic rings. The van der Waals surface area contributed by atoms with Crippen LogP contribution in [-0.2, 0) is 13.1 Å². The first-order chi connectivity index (χ1) is 11.4. The van der Waals surface area contributed by atoms with Crippen LogP contribution in [0.5, 0.6) is 0 Å². The first-order valence-electron chi connectivity index (χ1n) is 7.51. The number of nitrogens with one attached hydrogen (secondary N) is 2. The van der Waals surface area contributed by atoms with Crippen molar-refractivity contribution in [1.82, 2.24) is 20.5 Å². The van der Waals surface area contributed by atoms with Gasteiger partial charge < -0.3 is 5.32 Å². The Hall–Kier alpha value is -2.50. The summed E-state index contributed by atoms with van der Waals surface area (Å²) in [6, 6.07) is 19.1. The number of thiophene rings is 1. The Morgan fingerprint density at radius 1 is 1.00 bits per heavy atom. The molecule has 0 bridgehead atoms. The second kappa shape index (κ2) is 6.32. The van der Waals surface area contributed by atoms with Gasteiger partial charge in [-0.3, -0.25) is 5.10 Å². The molecule has 0 amide bonds. The van der Waals surface area contributed by atoms with Gasteiger partial charge in [0, 0.05) is 28.2 Å². The van der Waals surface area contributed by atoms with Crippen LogP contribution in [0.1, 0.15) is 10.4 Å². The Labute approximate surface area is 138 Å². The second-order valence-corrected chi connectivity index (χ2v) is 6.56. The molecule has 0 atom stereocenters. The van der Waals surface area contributed by atoms with Crippen LogP contribution >= 0.6 is 11.3 Å². The fourth-order valence-corrected chi connectivity index (χ4v) is 3.66. The number of nitrogens with zero attached hydrogens (tertiary/aromatic N) is 2. The summed E-state index contributed by atoms with van der Waals surface area (Å²) in [5.74, 6) is 0.802. The van der Waals surface area contributed by atoms with E-state index in [1.165, 1.54) is 26.9 Å². The van der Waals surface area contributed by atoms with Crippen molar-refractivity contribution in [3.8, 4) is 11.4 Å². The second-order valence-electron chi connectivity index (χ2n) is 5.39. The van der Waals surface area contributed by atoms with E-state index in [0.717, 1.165) is 24.5 Å². The molecule has 4 nitrogen and oxygen atoms in total. The van der Waals surface area contributed by atoms with E-state index in [1.807, 2.05) is 23.5 Å². The summed E-state index contributed by atoms with van der Waals surface area (Å²) in [5, 5.41) is 11.6. The van der Waals surface area contributed by atoms with Crippen LogP contribution in [0.15, 0.2) is 60.9 Å². The molecule has 114 valence electrons. The predicted octanol–water partition coefficient (Wildman–Crippen LogP) is 3.98. The van der Waals surface area contributed by atoms with Crippen LogP contribution in [0, 0.1) is 0 Å². The summed E-state index contributed by atoms with van der Waals surface area (Å²) < 4.78 is 1.34. The number of H-pyrrole nitrogens is 1. The van der Waals surface area contributed by atoms with E-state index in [9.17, 15) is 0 Å². The van der Waals surface area contributed by atoms with E-state index >= 15 is 0 Å². The van der Waals surface area contributed by atoms with E-state index in [4.69, 9.17) is 0 Å². The van der Waals surface area contributed by atoms with Gasteiger partial charge in [0.2, 0.25) is 0 Å². The average Bonchev–Trinajstić information content (AvgIpc) is 3.24. The lowest BCUT2D eigenvalue weighted by Crippen LogP contribution is -2.11. The smallest absolute Gasteiger partial charge is 0.155 e. The van der Waals surface area contributed by atoms with Crippen LogP contribution in [0.4, 0.5) is 0 Å². The number of fused-ring (bicyclic) bond motifs is 1. The van der Waals surface area contributed by atoms with Crippen molar-refractivity contribution in [3.05, 3.63) is 71.4 Å². The van der Waals surface area contributed by atoms with Gasteiger partial charge in [-0.15, -0.1) is 11.3 Å². The number of rotatable bonds is 5. The molecule has 0 radical (unpaired) electrons. The van der Waals surface area contributed by atoms with Crippen LogP contribution < -0.4 is 5.32 Å². The Balaban J connectivity index is 1.42. The van der Waals surface area contributed by atoms with Crippen molar-refractivity contribution in [1.29, 1.82) is 0 Å². The van der Waals surface area contributed by atoms with Gasteiger partial charge in [0.15, 0.2) is 5.82 Å². The maximum atomic E-state index is 4.19. The molecule has 0 saturated heterocycles. The minimum absolute atomic E-state index is 0.802. The summed E-state index contributed by atoms with van der Waals surface area (Å²) in [6.45, 7) is 1.71. The van der Waals surface area contributed by atoms with Gasteiger partial charge in [0.25, 0.3) is 0 Å². The third-order valence-electron chi connectivity index (χ3n) is 3.72. The van der Waals surface area contributed by atoms with E-state index in [1.54, 1.807) is 0 Å². The Morgan fingerprint density at radius 2 is 1.96 bits per heavy atom. The highest BCUT2D eigenvalue weighted by Crippen LogP contribution is 2.25. The van der Waals surface area contributed by atoms with Gasteiger partial charge in [0.05, 0.1) is 0 Å². The number of aromatic nitrogens is 3. The lowest BCUT2D eigenvalue weighted by molar-refractivity contribution is 0.701. The number of aromatic amines is 1. The van der Waals surface area contributed by atoms with Crippen molar-refractivity contribution >= 4 is 21.4 Å². The zero-order valence-electron chi connectivity index (χ0n) is 12.5. The minimum Gasteiger partial charge on any atom is -0.308 e. The summed E-state index contributed by atoms with van der Waals surface area (Å²) in [6.07, 6.45) is 1.53. The molecular formula is C18H16N4S. The average molecular weight is 320 g/mol. The van der Waals surface area contributed by atoms with Crippen LogP contribution in [0.25, 0.3) is 21.5 Å². The van der Waals surface area contributed by atoms with E-state index in [-0.39, 0.29) is 0 Å². The van der Waals surface area contributed by atoms with Gasteiger partial charge >= 0.3 is 0 Å². The molecule has 0 unspecified atom stereocenters. The van der Waals surface area contributed by atoms with E-state index in [0.29, 0.717) is 0 Å². The summed E-state index contributed by atoms with van der Waals surface area (Å²) in [5.41, 5.74) is 2.30. The van der Waals surface area contributed by atoms with Crippen LogP contribution in [0.2, 0.25) is 0 Å². The van der Waals surface area contributed by atoms with Gasteiger partial charge in [0.1, 0.15) is 6.33 Å². The van der Waals surface area contributed by atoms with Crippen molar-refractivity contribution in [3.63, 3.8) is 0 Å². The standard InChI is InChI=1S/C18H16N4S/c1-2-7-17-14(5-1)9-16(23-17)11-19-10-13-4-3-6-15(8-13)18-20-12-21-22-18/h1-9,12,19H,10-11H2,(H,20,21,22). The minimum atomic E-state index is 0.802. The molecule has 4 rings (SSSR count). The molecule has 0 saturated carbocycles. The molecule has 2 heterocycles. The lowest BCUT2D eigenvalue weighted by atomic mass is 10.1. The molecule has 0 aliphatic carbocycles. The van der Waals surface area contributed by atoms with E-state index < -0.39 is 0 Å². The lowest BCUT2D eigenvalue weighted by Gasteiger charge is -2.05. The Bertz CT molecular complexity index is 879. The third-order valence-corrected chi connectivity index (χ3v) is 4.84. The number of benzene rings is 2. The van der Waals surface area contributed by atoms with Crippen LogP contribution in [0.3, 0.4) is 0 Å².